The molecule has 30 heavy (non-hydrogen) atoms. The second-order valence-electron chi connectivity index (χ2n) is 10.3. The van der Waals surface area contributed by atoms with Crippen LogP contribution < -0.4 is 5.32 Å². The number of carbonyl (C=O) groups excluding carboxylic acids is 2. The number of fused-ring (bicyclic) bond motifs is 4. The number of carbonyl (C=O) groups is 2. The van der Waals surface area contributed by atoms with Crippen molar-refractivity contribution in [2.24, 2.45) is 10.8 Å². The van der Waals surface area contributed by atoms with Gasteiger partial charge in [0.05, 0.1) is 5.69 Å². The molecule has 5 nitrogen and oxygen atoms in total. The van der Waals surface area contributed by atoms with Gasteiger partial charge in [0.2, 0.25) is 5.91 Å². The molecule has 1 heterocycles. The molecule has 0 unspecified atom stereocenters. The van der Waals surface area contributed by atoms with Crippen LogP contribution >= 0.6 is 0 Å². The van der Waals surface area contributed by atoms with Crippen LogP contribution in [0, 0.1) is 10.8 Å². The first kappa shape index (κ1) is 22.4. The predicted molar refractivity (Wildman–Crippen MR) is 107 cm³/mol. The second-order valence-corrected chi connectivity index (χ2v) is 10.3. The van der Waals surface area contributed by atoms with Crippen molar-refractivity contribution in [2.45, 2.75) is 72.0 Å². The van der Waals surface area contributed by atoms with Gasteiger partial charge in [0, 0.05) is 23.4 Å². The van der Waals surface area contributed by atoms with Crippen LogP contribution in [-0.4, -0.2) is 40.6 Å². The molecule has 2 atom stereocenters. The lowest BCUT2D eigenvalue weighted by molar-refractivity contribution is -0.195. The van der Waals surface area contributed by atoms with Gasteiger partial charge in [0.1, 0.15) is 5.75 Å². The summed E-state index contributed by atoms with van der Waals surface area (Å²) in [5, 5.41) is 13.3. The number of piperidine rings is 1. The SMILES string of the molecule is CC(C)(C)C(=O)Nc1cc2c(cc1O)C[C@H]1N(C(=O)C(F)(F)F)CC[C@]2(C)C1(C)C. The van der Waals surface area contributed by atoms with Crippen LogP contribution in [0.4, 0.5) is 18.9 Å². The lowest BCUT2D eigenvalue weighted by Crippen LogP contribution is -2.66. The highest BCUT2D eigenvalue weighted by atomic mass is 19.4. The average molecular weight is 426 g/mol. The van der Waals surface area contributed by atoms with Gasteiger partial charge in [-0.05, 0) is 41.5 Å². The van der Waals surface area contributed by atoms with Crippen LogP contribution in [-0.2, 0) is 21.4 Å². The number of halogens is 3. The van der Waals surface area contributed by atoms with Crippen LogP contribution in [0.1, 0.15) is 59.1 Å². The summed E-state index contributed by atoms with van der Waals surface area (Å²) in [4.78, 5) is 25.4. The summed E-state index contributed by atoms with van der Waals surface area (Å²) < 4.78 is 39.5. The van der Waals surface area contributed by atoms with E-state index in [0.29, 0.717) is 12.0 Å². The van der Waals surface area contributed by atoms with E-state index in [1.54, 1.807) is 26.8 Å². The first-order chi connectivity index (χ1) is 13.5. The molecule has 2 amide bonds. The molecule has 1 aromatic rings. The fourth-order valence-corrected chi connectivity index (χ4v) is 4.76. The summed E-state index contributed by atoms with van der Waals surface area (Å²) >= 11 is 0. The Kier molecular flexibility index (Phi) is 4.95. The Bertz CT molecular complexity index is 902. The molecule has 0 radical (unpaired) electrons. The predicted octanol–water partition coefficient (Wildman–Crippen LogP) is 4.38. The third kappa shape index (κ3) is 3.34. The number of alkyl halides is 3. The van der Waals surface area contributed by atoms with Crippen molar-refractivity contribution >= 4 is 17.5 Å². The van der Waals surface area contributed by atoms with Gasteiger partial charge >= 0.3 is 12.1 Å². The van der Waals surface area contributed by atoms with Gasteiger partial charge in [-0.25, -0.2) is 0 Å². The maximum Gasteiger partial charge on any atom is 0.471 e. The van der Waals surface area contributed by atoms with Gasteiger partial charge in [-0.15, -0.1) is 0 Å². The van der Waals surface area contributed by atoms with Crippen LogP contribution in [0.5, 0.6) is 5.75 Å². The van der Waals surface area contributed by atoms with Crippen molar-refractivity contribution in [3.8, 4) is 5.75 Å². The number of likely N-dealkylation sites (tertiary alicyclic amines) is 1. The van der Waals surface area contributed by atoms with Gasteiger partial charge in [-0.2, -0.15) is 13.2 Å². The number of phenolic OH excluding ortho intramolecular Hbond substituents is 1. The smallest absolute Gasteiger partial charge is 0.471 e. The zero-order valence-electron chi connectivity index (χ0n) is 18.2. The highest BCUT2D eigenvalue weighted by molar-refractivity contribution is 5.96. The Labute approximate surface area is 174 Å². The van der Waals surface area contributed by atoms with Crippen molar-refractivity contribution in [1.29, 1.82) is 0 Å². The third-order valence-corrected chi connectivity index (χ3v) is 7.15. The molecule has 1 aliphatic heterocycles. The monoisotopic (exact) mass is 426 g/mol. The number of hydrogen-bond donors (Lipinski definition) is 2. The summed E-state index contributed by atoms with van der Waals surface area (Å²) in [5.74, 6) is -2.20. The molecule has 1 aliphatic carbocycles. The van der Waals surface area contributed by atoms with E-state index in [2.05, 4.69) is 5.32 Å². The number of rotatable bonds is 1. The number of nitrogens with zero attached hydrogens (tertiary/aromatic N) is 1. The molecular weight excluding hydrogens is 397 g/mol. The van der Waals surface area contributed by atoms with Gasteiger partial charge < -0.3 is 15.3 Å². The molecule has 1 fully saturated rings. The largest absolute Gasteiger partial charge is 0.506 e. The minimum atomic E-state index is -4.92. The van der Waals surface area contributed by atoms with E-state index in [0.717, 1.165) is 10.5 Å². The highest BCUT2D eigenvalue weighted by Gasteiger charge is 2.59. The Hall–Kier alpha value is -2.25. The standard InChI is InChI=1S/C22H29F3N2O3/c1-19(2,3)17(29)26-14-11-13-12(9-15(14)28)10-16-20(4,5)21(13,6)7-8-27(16)18(30)22(23,24)25/h9,11,16,28H,7-8,10H2,1-6H3,(H,26,29)/t16-,21+/m1/s1. The summed E-state index contributed by atoms with van der Waals surface area (Å²) in [6.07, 6.45) is -4.36. The maximum atomic E-state index is 13.2. The van der Waals surface area contributed by atoms with E-state index in [4.69, 9.17) is 0 Å². The normalized spacial score (nSPS) is 25.5. The highest BCUT2D eigenvalue weighted by Crippen LogP contribution is 2.57. The van der Waals surface area contributed by atoms with Crippen LogP contribution in [0.25, 0.3) is 0 Å². The molecule has 2 bridgehead atoms. The fraction of sp³-hybridized carbons (Fsp3) is 0.636. The van der Waals surface area contributed by atoms with Crippen LogP contribution in [0.3, 0.4) is 0 Å². The maximum absolute atomic E-state index is 13.2. The lowest BCUT2D eigenvalue weighted by atomic mass is 9.51. The van der Waals surface area contributed by atoms with E-state index in [-0.39, 0.29) is 30.3 Å². The number of hydrogen-bond acceptors (Lipinski definition) is 3. The molecule has 0 saturated carbocycles. The average Bonchev–Trinajstić information content (AvgIpc) is 2.57. The van der Waals surface area contributed by atoms with Crippen LogP contribution in [0.2, 0.25) is 0 Å². The summed E-state index contributed by atoms with van der Waals surface area (Å²) in [7, 11) is 0. The third-order valence-electron chi connectivity index (χ3n) is 7.15. The first-order valence-corrected chi connectivity index (χ1v) is 10.1. The lowest BCUT2D eigenvalue weighted by Gasteiger charge is -2.60. The molecule has 2 N–H and O–H groups in total. The summed E-state index contributed by atoms with van der Waals surface area (Å²) in [6, 6.07) is 2.61. The van der Waals surface area contributed by atoms with E-state index in [1.807, 2.05) is 20.8 Å². The molecule has 3 rings (SSSR count). The molecule has 1 saturated heterocycles. The molecule has 8 heteroatoms. The number of aromatic hydroxyl groups is 1. The number of benzene rings is 1. The Morgan fingerprint density at radius 1 is 1.17 bits per heavy atom. The van der Waals surface area contributed by atoms with Crippen molar-refractivity contribution in [1.82, 2.24) is 4.90 Å². The minimum Gasteiger partial charge on any atom is -0.506 e. The first-order valence-electron chi connectivity index (χ1n) is 10.1. The van der Waals surface area contributed by atoms with Gasteiger partial charge in [-0.1, -0.05) is 41.5 Å². The molecule has 0 aromatic heterocycles. The Morgan fingerprint density at radius 3 is 2.30 bits per heavy atom. The van der Waals surface area contributed by atoms with Gasteiger partial charge in [0.25, 0.3) is 0 Å². The Morgan fingerprint density at radius 2 is 1.77 bits per heavy atom. The number of anilines is 1. The zero-order valence-corrected chi connectivity index (χ0v) is 18.2. The summed E-state index contributed by atoms with van der Waals surface area (Å²) in [5.41, 5.74) is 0.0692. The summed E-state index contributed by atoms with van der Waals surface area (Å²) in [6.45, 7) is 11.1. The van der Waals surface area contributed by atoms with Crippen molar-refractivity contribution < 1.29 is 27.9 Å². The molecule has 0 spiro atoms. The van der Waals surface area contributed by atoms with E-state index >= 15 is 0 Å². The van der Waals surface area contributed by atoms with E-state index < -0.39 is 34.4 Å². The molecule has 166 valence electrons. The van der Waals surface area contributed by atoms with Crippen LogP contribution in [0.15, 0.2) is 12.1 Å². The quantitative estimate of drug-likeness (QED) is 0.655. The number of amides is 2. The van der Waals surface area contributed by atoms with Crippen molar-refractivity contribution in [3.63, 3.8) is 0 Å². The van der Waals surface area contributed by atoms with Gasteiger partial charge in [-0.3, -0.25) is 9.59 Å². The molecular formula is C22H29F3N2O3. The van der Waals surface area contributed by atoms with E-state index in [1.165, 1.54) is 6.07 Å². The van der Waals surface area contributed by atoms with Crippen molar-refractivity contribution in [3.05, 3.63) is 23.3 Å². The minimum absolute atomic E-state index is 0.00688. The number of phenols is 1. The zero-order chi connectivity index (χ0) is 22.9. The van der Waals surface area contributed by atoms with E-state index in [9.17, 15) is 27.9 Å². The number of nitrogens with one attached hydrogen (secondary N) is 1. The van der Waals surface area contributed by atoms with Crippen molar-refractivity contribution in [2.75, 3.05) is 11.9 Å². The molecule has 1 aromatic carbocycles. The molecule has 2 aliphatic rings. The Balaban J connectivity index is 2.07. The second kappa shape index (κ2) is 6.62. The topological polar surface area (TPSA) is 69.6 Å². The van der Waals surface area contributed by atoms with Gasteiger partial charge in [0.15, 0.2) is 0 Å². The fourth-order valence-electron chi connectivity index (χ4n) is 4.76.